The molecule has 1 aliphatic rings. The summed E-state index contributed by atoms with van der Waals surface area (Å²) in [7, 11) is 0. The Balaban J connectivity index is 1.78. The van der Waals surface area contributed by atoms with Gasteiger partial charge in [0.05, 0.1) is 13.2 Å². The quantitative estimate of drug-likeness (QED) is 0.847. The van der Waals surface area contributed by atoms with Gasteiger partial charge < -0.3 is 9.64 Å². The minimum Gasteiger partial charge on any atom is -0.366 e. The fourth-order valence-electron chi connectivity index (χ4n) is 2.45. The summed E-state index contributed by atoms with van der Waals surface area (Å²) in [5.74, 6) is 1.00. The number of rotatable bonds is 3. The van der Waals surface area contributed by atoms with Gasteiger partial charge in [-0.25, -0.2) is 9.67 Å². The second-order valence-electron chi connectivity index (χ2n) is 5.26. The van der Waals surface area contributed by atoms with E-state index >= 15 is 0 Å². The number of carbonyl (C=O) groups is 1. The summed E-state index contributed by atoms with van der Waals surface area (Å²) in [4.78, 5) is 30.1. The molecule has 1 saturated heterocycles. The first-order chi connectivity index (χ1) is 11.1. The first-order valence-corrected chi connectivity index (χ1v) is 7.46. The Kier molecular flexibility index (Phi) is 4.20. The summed E-state index contributed by atoms with van der Waals surface area (Å²) in [5, 5.41) is 11.0. The van der Waals surface area contributed by atoms with Crippen molar-refractivity contribution in [2.24, 2.45) is 0 Å². The molecule has 0 aliphatic carbocycles. The van der Waals surface area contributed by atoms with Gasteiger partial charge in [-0.1, -0.05) is 0 Å². The second-order valence-corrected chi connectivity index (χ2v) is 5.26. The Morgan fingerprint density at radius 1 is 1.48 bits per heavy atom. The van der Waals surface area contributed by atoms with E-state index < -0.39 is 0 Å². The summed E-state index contributed by atoms with van der Waals surface area (Å²) in [6, 6.07) is 2.82. The van der Waals surface area contributed by atoms with Crippen molar-refractivity contribution in [3.8, 4) is 0 Å². The zero-order chi connectivity index (χ0) is 16.4. The molecule has 0 saturated carbocycles. The highest BCUT2D eigenvalue weighted by Gasteiger charge is 2.29. The molecule has 1 amide bonds. The minimum absolute atomic E-state index is 0.222. The van der Waals surface area contributed by atoms with E-state index in [1.54, 1.807) is 18.7 Å². The van der Waals surface area contributed by atoms with Gasteiger partial charge in [0.1, 0.15) is 17.6 Å². The fourth-order valence-corrected chi connectivity index (χ4v) is 2.45. The van der Waals surface area contributed by atoms with Crippen LogP contribution in [0.2, 0.25) is 0 Å². The number of carbonyl (C=O) groups excluding carboxylic acids is 1. The third-order valence-corrected chi connectivity index (χ3v) is 3.64. The number of hydrogen-bond donors (Lipinski definition) is 1. The predicted molar refractivity (Wildman–Crippen MR) is 79.9 cm³/mol. The van der Waals surface area contributed by atoms with E-state index in [4.69, 9.17) is 4.74 Å². The minimum atomic E-state index is -0.366. The third-order valence-electron chi connectivity index (χ3n) is 3.64. The van der Waals surface area contributed by atoms with Gasteiger partial charge in [-0.15, -0.1) is 0 Å². The lowest BCUT2D eigenvalue weighted by Gasteiger charge is -2.31. The van der Waals surface area contributed by atoms with Crippen molar-refractivity contribution in [1.82, 2.24) is 29.9 Å². The fraction of sp³-hybridized carbons (Fsp3) is 0.500. The molecular weight excluding hydrogens is 300 g/mol. The average molecular weight is 318 g/mol. The molecule has 3 heterocycles. The van der Waals surface area contributed by atoms with Crippen molar-refractivity contribution in [3.05, 3.63) is 39.8 Å². The lowest BCUT2D eigenvalue weighted by atomic mass is 10.2. The molecule has 122 valence electrons. The molecular formula is C14H18N6O3. The van der Waals surface area contributed by atoms with Crippen LogP contribution in [0.3, 0.4) is 0 Å². The Morgan fingerprint density at radius 2 is 2.30 bits per heavy atom. The number of nitrogens with zero attached hydrogens (tertiary/aromatic N) is 5. The highest BCUT2D eigenvalue weighted by molar-refractivity contribution is 5.92. The van der Waals surface area contributed by atoms with Crippen LogP contribution in [0.25, 0.3) is 0 Å². The summed E-state index contributed by atoms with van der Waals surface area (Å²) in [6.07, 6.45) is -0.366. The molecule has 9 heteroatoms. The molecule has 3 rings (SSSR count). The van der Waals surface area contributed by atoms with E-state index in [0.717, 1.165) is 0 Å². The number of aryl methyl sites for hydroxylation is 2. The number of morpholine rings is 1. The maximum Gasteiger partial charge on any atom is 0.274 e. The molecule has 0 radical (unpaired) electrons. The molecule has 1 atom stereocenters. The second kappa shape index (κ2) is 6.29. The van der Waals surface area contributed by atoms with Crippen molar-refractivity contribution >= 4 is 5.91 Å². The summed E-state index contributed by atoms with van der Waals surface area (Å²) in [6.45, 7) is 5.24. The van der Waals surface area contributed by atoms with E-state index in [2.05, 4.69) is 20.3 Å². The van der Waals surface area contributed by atoms with Crippen molar-refractivity contribution in [2.75, 3.05) is 19.7 Å². The van der Waals surface area contributed by atoms with E-state index in [1.165, 1.54) is 16.8 Å². The number of ether oxygens (including phenoxy) is 1. The van der Waals surface area contributed by atoms with Crippen LogP contribution >= 0.6 is 0 Å². The first kappa shape index (κ1) is 15.3. The highest BCUT2D eigenvalue weighted by Crippen LogP contribution is 2.20. The van der Waals surface area contributed by atoms with E-state index in [1.807, 2.05) is 0 Å². The van der Waals surface area contributed by atoms with Crippen LogP contribution in [0.4, 0.5) is 0 Å². The van der Waals surface area contributed by atoms with Crippen LogP contribution in [0.1, 0.15) is 35.2 Å². The summed E-state index contributed by atoms with van der Waals surface area (Å²) < 4.78 is 6.91. The molecule has 2 aromatic heterocycles. The zero-order valence-electron chi connectivity index (χ0n) is 13.0. The first-order valence-electron chi connectivity index (χ1n) is 7.46. The molecule has 1 N–H and O–H groups in total. The molecule has 1 aliphatic heterocycles. The molecule has 2 aromatic rings. The van der Waals surface area contributed by atoms with Gasteiger partial charge >= 0.3 is 0 Å². The van der Waals surface area contributed by atoms with Gasteiger partial charge in [0.25, 0.3) is 11.5 Å². The van der Waals surface area contributed by atoms with E-state index in [-0.39, 0.29) is 23.3 Å². The van der Waals surface area contributed by atoms with E-state index in [0.29, 0.717) is 37.9 Å². The van der Waals surface area contributed by atoms with Gasteiger partial charge in [0, 0.05) is 19.2 Å². The van der Waals surface area contributed by atoms with Gasteiger partial charge in [0.15, 0.2) is 5.82 Å². The summed E-state index contributed by atoms with van der Waals surface area (Å²) in [5.41, 5.74) is 0.0263. The van der Waals surface area contributed by atoms with Crippen LogP contribution in [0.5, 0.6) is 0 Å². The Hall–Kier alpha value is -2.55. The SMILES string of the molecule is CCn1nc(C(=O)N2CCO[C@@H](c3n[nH]c(C)n3)C2)ccc1=O. The smallest absolute Gasteiger partial charge is 0.274 e. The van der Waals surface area contributed by atoms with Crippen LogP contribution < -0.4 is 5.56 Å². The highest BCUT2D eigenvalue weighted by atomic mass is 16.5. The molecule has 9 nitrogen and oxygen atoms in total. The van der Waals surface area contributed by atoms with Crippen LogP contribution in [0, 0.1) is 6.92 Å². The Labute approximate surface area is 132 Å². The average Bonchev–Trinajstić information content (AvgIpc) is 3.01. The van der Waals surface area contributed by atoms with Crippen LogP contribution in [0.15, 0.2) is 16.9 Å². The Bertz CT molecular complexity index is 768. The van der Waals surface area contributed by atoms with Gasteiger partial charge in [0.2, 0.25) is 0 Å². The predicted octanol–water partition coefficient (Wildman–Crippen LogP) is -0.0966. The van der Waals surface area contributed by atoms with Gasteiger partial charge in [-0.2, -0.15) is 10.2 Å². The largest absolute Gasteiger partial charge is 0.366 e. The van der Waals surface area contributed by atoms with E-state index in [9.17, 15) is 9.59 Å². The lowest BCUT2D eigenvalue weighted by Crippen LogP contribution is -2.43. The molecule has 0 aromatic carbocycles. The lowest BCUT2D eigenvalue weighted by molar-refractivity contribution is -0.0269. The molecule has 0 bridgehead atoms. The standard InChI is InChI=1S/C14H18N6O3/c1-3-20-12(21)5-4-10(18-20)14(22)19-6-7-23-11(8-19)13-15-9(2)16-17-13/h4-5,11H,3,6-8H2,1-2H3,(H,15,16,17)/t11-/m1/s1. The molecule has 1 fully saturated rings. The van der Waals surface area contributed by atoms with Crippen molar-refractivity contribution in [2.45, 2.75) is 26.5 Å². The number of aromatic nitrogens is 5. The Morgan fingerprint density at radius 3 is 3.00 bits per heavy atom. The van der Waals surface area contributed by atoms with Crippen molar-refractivity contribution in [1.29, 1.82) is 0 Å². The zero-order valence-corrected chi connectivity index (χ0v) is 13.0. The van der Waals surface area contributed by atoms with Crippen molar-refractivity contribution in [3.63, 3.8) is 0 Å². The third kappa shape index (κ3) is 3.14. The number of nitrogens with one attached hydrogen (secondary N) is 1. The molecule has 0 unspecified atom stereocenters. The van der Waals surface area contributed by atoms with Crippen molar-refractivity contribution < 1.29 is 9.53 Å². The topological polar surface area (TPSA) is 106 Å². The number of hydrogen-bond acceptors (Lipinski definition) is 6. The monoisotopic (exact) mass is 318 g/mol. The maximum atomic E-state index is 12.6. The van der Waals surface area contributed by atoms with Crippen LogP contribution in [-0.2, 0) is 11.3 Å². The number of amides is 1. The molecule has 0 spiro atoms. The maximum absolute atomic E-state index is 12.6. The van der Waals surface area contributed by atoms with Gasteiger partial charge in [-0.05, 0) is 19.9 Å². The summed E-state index contributed by atoms with van der Waals surface area (Å²) >= 11 is 0. The van der Waals surface area contributed by atoms with Gasteiger partial charge in [-0.3, -0.25) is 14.7 Å². The normalized spacial score (nSPS) is 18.2. The number of aromatic amines is 1. The molecule has 23 heavy (non-hydrogen) atoms. The number of H-pyrrole nitrogens is 1. The van der Waals surface area contributed by atoms with Crippen LogP contribution in [-0.4, -0.2) is 55.5 Å².